The van der Waals surface area contributed by atoms with E-state index >= 15 is 0 Å². The Hall–Kier alpha value is -1.34. The van der Waals surface area contributed by atoms with Crippen molar-refractivity contribution in [1.29, 1.82) is 0 Å². The Balaban J connectivity index is 2.37. The number of amides is 1. The summed E-state index contributed by atoms with van der Waals surface area (Å²) in [5.74, 6) is -0.158. The second-order valence-electron chi connectivity index (χ2n) is 4.54. The lowest BCUT2D eigenvalue weighted by Gasteiger charge is -2.17. The van der Waals surface area contributed by atoms with E-state index in [2.05, 4.69) is 0 Å². The van der Waals surface area contributed by atoms with Crippen LogP contribution in [0.15, 0.2) is 17.2 Å². The molecule has 7 heteroatoms. The molecule has 0 saturated heterocycles. The monoisotopic (exact) mass is 271 g/mol. The van der Waals surface area contributed by atoms with Gasteiger partial charge in [0.2, 0.25) is 10.0 Å². The molecule has 0 spiro atoms. The van der Waals surface area contributed by atoms with Crippen molar-refractivity contribution < 1.29 is 13.2 Å². The molecule has 1 aliphatic carbocycles. The van der Waals surface area contributed by atoms with E-state index in [1.54, 1.807) is 16.5 Å². The quantitative estimate of drug-likeness (QED) is 0.859. The number of aryl methyl sites for hydroxylation is 1. The number of sulfonamides is 1. The highest BCUT2D eigenvalue weighted by Crippen LogP contribution is 2.27. The number of rotatable bonds is 4. The average Bonchev–Trinajstić information content (AvgIpc) is 3.04. The third-order valence-electron chi connectivity index (χ3n) is 3.17. The Morgan fingerprint density at radius 3 is 2.61 bits per heavy atom. The zero-order chi connectivity index (χ0) is 13.5. The van der Waals surface area contributed by atoms with Gasteiger partial charge in [-0.2, -0.15) is 0 Å². The van der Waals surface area contributed by atoms with E-state index in [0.29, 0.717) is 12.2 Å². The first kappa shape index (κ1) is 13.1. The fraction of sp³-hybridized carbons (Fsp3) is 0.545. The second-order valence-corrected chi connectivity index (χ2v) is 6.10. The van der Waals surface area contributed by atoms with Crippen LogP contribution in [0.5, 0.6) is 0 Å². The van der Waals surface area contributed by atoms with E-state index in [9.17, 15) is 13.2 Å². The number of hydrogen-bond acceptors (Lipinski definition) is 3. The van der Waals surface area contributed by atoms with Crippen LogP contribution in [0, 0.1) is 0 Å². The van der Waals surface area contributed by atoms with Crippen LogP contribution < -0.4 is 5.14 Å². The lowest BCUT2D eigenvalue weighted by atomic mass is 10.3. The summed E-state index contributed by atoms with van der Waals surface area (Å²) in [6.45, 7) is 2.37. The molecule has 0 aliphatic heterocycles. The number of nitrogens with zero attached hydrogens (tertiary/aromatic N) is 2. The fourth-order valence-corrected chi connectivity index (χ4v) is 2.44. The number of aromatic nitrogens is 1. The highest BCUT2D eigenvalue weighted by molar-refractivity contribution is 7.89. The van der Waals surface area contributed by atoms with E-state index in [0.717, 1.165) is 12.8 Å². The molecule has 1 fully saturated rings. The average molecular weight is 271 g/mol. The van der Waals surface area contributed by atoms with Gasteiger partial charge in [0.1, 0.15) is 10.6 Å². The number of nitrogens with two attached hydrogens (primary N) is 1. The molecule has 0 atom stereocenters. The summed E-state index contributed by atoms with van der Waals surface area (Å²) in [5, 5.41) is 5.08. The normalized spacial score (nSPS) is 15.7. The van der Waals surface area contributed by atoms with Crippen LogP contribution in [0.3, 0.4) is 0 Å². The molecule has 0 aromatic carbocycles. The Kier molecular flexibility index (Phi) is 3.20. The SMILES string of the molecule is CCn1cc(S(N)(=O)=O)cc1C(=O)N(C)C1CC1. The topological polar surface area (TPSA) is 85.4 Å². The van der Waals surface area contributed by atoms with Crippen molar-refractivity contribution in [1.82, 2.24) is 9.47 Å². The summed E-state index contributed by atoms with van der Waals surface area (Å²) in [7, 11) is -2.03. The van der Waals surface area contributed by atoms with Crippen LogP contribution in [-0.4, -0.2) is 36.9 Å². The first-order valence-electron chi connectivity index (χ1n) is 5.84. The van der Waals surface area contributed by atoms with Crippen LogP contribution in [0.2, 0.25) is 0 Å². The lowest BCUT2D eigenvalue weighted by molar-refractivity contribution is 0.0774. The van der Waals surface area contributed by atoms with E-state index < -0.39 is 10.0 Å². The molecule has 2 rings (SSSR count). The summed E-state index contributed by atoms with van der Waals surface area (Å²) >= 11 is 0. The van der Waals surface area contributed by atoms with Gasteiger partial charge < -0.3 is 9.47 Å². The van der Waals surface area contributed by atoms with Crippen LogP contribution in [0.4, 0.5) is 0 Å². The van der Waals surface area contributed by atoms with Gasteiger partial charge in [-0.25, -0.2) is 13.6 Å². The van der Waals surface area contributed by atoms with Crippen molar-refractivity contribution >= 4 is 15.9 Å². The highest BCUT2D eigenvalue weighted by Gasteiger charge is 2.31. The summed E-state index contributed by atoms with van der Waals surface area (Å²) in [6, 6.07) is 1.63. The third kappa shape index (κ3) is 2.41. The molecule has 1 amide bonds. The molecule has 0 unspecified atom stereocenters. The molecule has 1 aromatic heterocycles. The molecule has 6 nitrogen and oxygen atoms in total. The predicted molar refractivity (Wildman–Crippen MR) is 66.6 cm³/mol. The molecule has 1 saturated carbocycles. The van der Waals surface area contributed by atoms with Crippen molar-refractivity contribution in [2.75, 3.05) is 7.05 Å². The van der Waals surface area contributed by atoms with E-state index in [-0.39, 0.29) is 16.8 Å². The minimum atomic E-state index is -3.77. The number of carbonyl (C=O) groups is 1. The maximum atomic E-state index is 12.2. The summed E-state index contributed by atoms with van der Waals surface area (Å²) < 4.78 is 24.2. The molecule has 1 aliphatic rings. The van der Waals surface area contributed by atoms with E-state index in [4.69, 9.17) is 5.14 Å². The Bertz CT molecular complexity index is 572. The summed E-state index contributed by atoms with van der Waals surface area (Å²) in [5.41, 5.74) is 0.371. The molecular formula is C11H17N3O3S. The molecule has 2 N–H and O–H groups in total. The van der Waals surface area contributed by atoms with E-state index in [1.807, 2.05) is 6.92 Å². The Labute approximate surface area is 106 Å². The zero-order valence-corrected chi connectivity index (χ0v) is 11.3. The van der Waals surface area contributed by atoms with Gasteiger partial charge >= 0.3 is 0 Å². The fourth-order valence-electron chi connectivity index (χ4n) is 1.89. The van der Waals surface area contributed by atoms with Gasteiger partial charge in [0.25, 0.3) is 5.91 Å². The van der Waals surface area contributed by atoms with Gasteiger partial charge in [0.05, 0.1) is 0 Å². The molecule has 100 valence electrons. The third-order valence-corrected chi connectivity index (χ3v) is 4.06. The van der Waals surface area contributed by atoms with Crippen LogP contribution >= 0.6 is 0 Å². The standard InChI is InChI=1S/C11H17N3O3S/c1-3-14-7-9(18(12,16)17)6-10(14)11(15)13(2)8-4-5-8/h6-8H,3-5H2,1-2H3,(H2,12,16,17). The summed E-state index contributed by atoms with van der Waals surface area (Å²) in [6.07, 6.45) is 3.43. The number of carbonyl (C=O) groups excluding carboxylic acids is 1. The molecule has 1 aromatic rings. The van der Waals surface area contributed by atoms with Crippen molar-refractivity contribution in [3.8, 4) is 0 Å². The van der Waals surface area contributed by atoms with E-state index in [1.165, 1.54) is 12.3 Å². The number of primary sulfonamides is 1. The first-order chi connectivity index (χ1) is 8.34. The molecule has 0 bridgehead atoms. The lowest BCUT2D eigenvalue weighted by Crippen LogP contribution is -2.30. The van der Waals surface area contributed by atoms with Crippen molar-refractivity contribution in [2.45, 2.75) is 37.2 Å². The van der Waals surface area contributed by atoms with Gasteiger partial charge in [-0.05, 0) is 25.8 Å². The van der Waals surface area contributed by atoms with Crippen molar-refractivity contribution in [3.05, 3.63) is 18.0 Å². The van der Waals surface area contributed by atoms with Gasteiger partial charge in [0.15, 0.2) is 0 Å². The Morgan fingerprint density at radius 1 is 1.56 bits per heavy atom. The minimum Gasteiger partial charge on any atom is -0.342 e. The summed E-state index contributed by atoms with van der Waals surface area (Å²) in [4.78, 5) is 13.9. The smallest absolute Gasteiger partial charge is 0.270 e. The second kappa shape index (κ2) is 4.40. The maximum Gasteiger partial charge on any atom is 0.270 e. The first-order valence-corrected chi connectivity index (χ1v) is 7.39. The largest absolute Gasteiger partial charge is 0.342 e. The minimum absolute atomic E-state index is 0.0168. The van der Waals surface area contributed by atoms with Crippen LogP contribution in [-0.2, 0) is 16.6 Å². The highest BCUT2D eigenvalue weighted by atomic mass is 32.2. The molecule has 18 heavy (non-hydrogen) atoms. The maximum absolute atomic E-state index is 12.2. The Morgan fingerprint density at radius 2 is 2.17 bits per heavy atom. The van der Waals surface area contributed by atoms with Crippen molar-refractivity contribution in [2.24, 2.45) is 5.14 Å². The molecule has 1 heterocycles. The van der Waals surface area contributed by atoms with Gasteiger partial charge in [0, 0.05) is 25.8 Å². The van der Waals surface area contributed by atoms with Gasteiger partial charge in [-0.1, -0.05) is 0 Å². The zero-order valence-electron chi connectivity index (χ0n) is 10.5. The van der Waals surface area contributed by atoms with Crippen LogP contribution in [0.1, 0.15) is 30.3 Å². The van der Waals surface area contributed by atoms with Gasteiger partial charge in [-0.15, -0.1) is 0 Å². The molecular weight excluding hydrogens is 254 g/mol. The molecule has 0 radical (unpaired) electrons. The van der Waals surface area contributed by atoms with Crippen LogP contribution in [0.25, 0.3) is 0 Å². The number of hydrogen-bond donors (Lipinski definition) is 1. The van der Waals surface area contributed by atoms with Crippen molar-refractivity contribution in [3.63, 3.8) is 0 Å². The predicted octanol–water partition coefficient (Wildman–Crippen LogP) is 0.390. The van der Waals surface area contributed by atoms with Gasteiger partial charge in [-0.3, -0.25) is 4.79 Å².